The molecular weight excluding hydrogens is 632 g/mol. The summed E-state index contributed by atoms with van der Waals surface area (Å²) in [7, 11) is 0. The van der Waals surface area contributed by atoms with Crippen molar-refractivity contribution in [2.24, 2.45) is 40.7 Å². The van der Waals surface area contributed by atoms with Gasteiger partial charge in [0.15, 0.2) is 0 Å². The summed E-state index contributed by atoms with van der Waals surface area (Å²) in [5.74, 6) is 4.33. The van der Waals surface area contributed by atoms with Crippen LogP contribution in [0.1, 0.15) is 106 Å². The van der Waals surface area contributed by atoms with Crippen molar-refractivity contribution in [3.8, 4) is 0 Å². The molecule has 6 saturated heterocycles. The number of amides is 2. The minimum atomic E-state index is -0.397. The molecule has 6 aliphatic heterocycles. The number of hydrogen-bond donors (Lipinski definition) is 4. The monoisotopic (exact) mass is 705 g/mol. The Morgan fingerprint density at radius 1 is 0.740 bits per heavy atom. The molecule has 0 bridgehead atoms. The molecular formula is C39H72N6O5. The summed E-state index contributed by atoms with van der Waals surface area (Å²) < 4.78 is 16.5. The molecule has 4 atom stereocenters. The van der Waals surface area contributed by atoms with E-state index in [2.05, 4.69) is 22.9 Å². The van der Waals surface area contributed by atoms with E-state index in [1.165, 1.54) is 58.0 Å². The van der Waals surface area contributed by atoms with Gasteiger partial charge in [0.25, 0.3) is 0 Å². The SMILES string of the molecule is C1CCC2(CCNCC2)OC1.CC(C)(C)OC(=O)N1CC2C(N)C2C1.CC(C)(C)OC(=O)N1CCC2(CCNC2)CC1.CCC1C2CNCC12. The Labute approximate surface area is 303 Å². The average molecular weight is 705 g/mol. The van der Waals surface area contributed by atoms with Crippen molar-refractivity contribution in [3.05, 3.63) is 0 Å². The molecule has 8 aliphatic rings. The molecule has 8 fully saturated rings. The second kappa shape index (κ2) is 16.6. The first kappa shape index (κ1) is 39.5. The molecule has 2 spiro atoms. The van der Waals surface area contributed by atoms with Gasteiger partial charge in [-0.25, -0.2) is 9.59 Å². The summed E-state index contributed by atoms with van der Waals surface area (Å²) in [5, 5.41) is 10.2. The Morgan fingerprint density at radius 3 is 1.76 bits per heavy atom. The van der Waals surface area contributed by atoms with E-state index in [0.29, 0.717) is 28.9 Å². The van der Waals surface area contributed by atoms with Crippen LogP contribution in [0, 0.1) is 35.0 Å². The molecule has 8 rings (SSSR count). The van der Waals surface area contributed by atoms with E-state index in [4.69, 9.17) is 19.9 Å². The Bertz CT molecular complexity index is 1050. The summed E-state index contributed by atoms with van der Waals surface area (Å²) in [6, 6.07) is 0.327. The molecule has 0 aromatic heterocycles. The summed E-state index contributed by atoms with van der Waals surface area (Å²) >= 11 is 0. The Balaban J connectivity index is 0.000000134. The van der Waals surface area contributed by atoms with Crippen molar-refractivity contribution < 1.29 is 23.8 Å². The van der Waals surface area contributed by atoms with Crippen LogP contribution in [0.15, 0.2) is 0 Å². The fraction of sp³-hybridized carbons (Fsp3) is 0.949. The molecule has 2 saturated carbocycles. The van der Waals surface area contributed by atoms with Gasteiger partial charge in [-0.1, -0.05) is 13.3 Å². The fourth-order valence-electron chi connectivity index (χ4n) is 9.10. The molecule has 11 nitrogen and oxygen atoms in total. The summed E-state index contributed by atoms with van der Waals surface area (Å²) in [6.45, 7) is 25.1. The van der Waals surface area contributed by atoms with Gasteiger partial charge in [-0.2, -0.15) is 0 Å². The minimum absolute atomic E-state index is 0.154. The molecule has 2 aliphatic carbocycles. The number of hydrogen-bond acceptors (Lipinski definition) is 9. The number of nitrogens with two attached hydrogens (primary N) is 1. The molecule has 11 heteroatoms. The van der Waals surface area contributed by atoms with Crippen molar-refractivity contribution in [2.45, 2.75) is 129 Å². The van der Waals surface area contributed by atoms with Gasteiger partial charge in [0.2, 0.25) is 0 Å². The molecule has 2 amide bonds. The van der Waals surface area contributed by atoms with Crippen LogP contribution in [0.2, 0.25) is 0 Å². The largest absolute Gasteiger partial charge is 0.444 e. The van der Waals surface area contributed by atoms with Gasteiger partial charge in [0, 0.05) is 45.4 Å². The second-order valence-electron chi connectivity index (χ2n) is 18.5. The molecule has 50 heavy (non-hydrogen) atoms. The predicted molar refractivity (Wildman–Crippen MR) is 198 cm³/mol. The van der Waals surface area contributed by atoms with Crippen LogP contribution in [0.5, 0.6) is 0 Å². The lowest BCUT2D eigenvalue weighted by molar-refractivity contribution is -0.0952. The Kier molecular flexibility index (Phi) is 13.1. The van der Waals surface area contributed by atoms with Crippen LogP contribution in [-0.4, -0.2) is 117 Å². The Morgan fingerprint density at radius 2 is 1.30 bits per heavy atom. The van der Waals surface area contributed by atoms with Crippen LogP contribution in [0.4, 0.5) is 9.59 Å². The van der Waals surface area contributed by atoms with Crippen LogP contribution < -0.4 is 21.7 Å². The second-order valence-corrected chi connectivity index (χ2v) is 18.5. The van der Waals surface area contributed by atoms with E-state index >= 15 is 0 Å². The van der Waals surface area contributed by atoms with Gasteiger partial charge in [-0.15, -0.1) is 0 Å². The number of carbonyl (C=O) groups excluding carboxylic acids is 2. The van der Waals surface area contributed by atoms with E-state index in [0.717, 1.165) is 89.6 Å². The lowest BCUT2D eigenvalue weighted by atomic mass is 9.78. The normalized spacial score (nSPS) is 33.0. The van der Waals surface area contributed by atoms with Gasteiger partial charge in [-0.3, -0.25) is 0 Å². The van der Waals surface area contributed by atoms with E-state index in [1.54, 1.807) is 4.90 Å². The van der Waals surface area contributed by atoms with Gasteiger partial charge in [0.1, 0.15) is 11.2 Å². The van der Waals surface area contributed by atoms with Gasteiger partial charge < -0.3 is 45.7 Å². The Hall–Kier alpha value is -1.66. The number of rotatable bonds is 1. The maximum atomic E-state index is 11.9. The number of likely N-dealkylation sites (tertiary alicyclic amines) is 2. The van der Waals surface area contributed by atoms with Crippen LogP contribution in [0.3, 0.4) is 0 Å². The number of nitrogens with zero attached hydrogens (tertiary/aromatic N) is 2. The van der Waals surface area contributed by atoms with Gasteiger partial charge in [0.05, 0.1) is 5.60 Å². The van der Waals surface area contributed by atoms with E-state index in [1.807, 2.05) is 46.4 Å². The zero-order chi connectivity index (χ0) is 36.2. The third kappa shape index (κ3) is 10.9. The number of piperidine rings is 4. The summed E-state index contributed by atoms with van der Waals surface area (Å²) in [6.07, 6.45) is 10.9. The first-order valence-corrected chi connectivity index (χ1v) is 20.1. The van der Waals surface area contributed by atoms with Gasteiger partial charge in [-0.05, 0) is 161 Å². The predicted octanol–water partition coefficient (Wildman–Crippen LogP) is 4.98. The van der Waals surface area contributed by atoms with E-state index in [9.17, 15) is 9.59 Å². The van der Waals surface area contributed by atoms with Crippen molar-refractivity contribution >= 4 is 12.2 Å². The smallest absolute Gasteiger partial charge is 0.410 e. The van der Waals surface area contributed by atoms with Crippen LogP contribution in [-0.2, 0) is 14.2 Å². The van der Waals surface area contributed by atoms with E-state index < -0.39 is 5.60 Å². The number of carbonyl (C=O) groups is 2. The average Bonchev–Trinajstić information content (AvgIpc) is 3.53. The third-order valence-electron chi connectivity index (χ3n) is 12.4. The zero-order valence-corrected chi connectivity index (χ0v) is 32.6. The maximum absolute atomic E-state index is 11.9. The number of nitrogens with one attached hydrogen (secondary N) is 3. The summed E-state index contributed by atoms with van der Waals surface area (Å²) in [5.41, 5.74) is 5.75. The van der Waals surface area contributed by atoms with Crippen LogP contribution in [0.25, 0.3) is 0 Å². The summed E-state index contributed by atoms with van der Waals surface area (Å²) in [4.78, 5) is 27.1. The number of fused-ring (bicyclic) bond motifs is 2. The first-order chi connectivity index (χ1) is 23.6. The highest BCUT2D eigenvalue weighted by Gasteiger charge is 2.55. The highest BCUT2D eigenvalue weighted by atomic mass is 16.6. The van der Waals surface area contributed by atoms with Crippen molar-refractivity contribution in [2.75, 3.05) is 72.1 Å². The highest BCUT2D eigenvalue weighted by molar-refractivity contribution is 5.69. The van der Waals surface area contributed by atoms with Crippen molar-refractivity contribution in [1.82, 2.24) is 25.8 Å². The lowest BCUT2D eigenvalue weighted by Crippen LogP contribution is -2.45. The molecule has 6 heterocycles. The minimum Gasteiger partial charge on any atom is -0.444 e. The topological polar surface area (TPSA) is 130 Å². The zero-order valence-electron chi connectivity index (χ0n) is 32.6. The van der Waals surface area contributed by atoms with Crippen molar-refractivity contribution in [3.63, 3.8) is 0 Å². The van der Waals surface area contributed by atoms with Crippen LogP contribution >= 0.6 is 0 Å². The quantitative estimate of drug-likeness (QED) is 0.299. The maximum Gasteiger partial charge on any atom is 0.410 e. The molecule has 0 aromatic carbocycles. The van der Waals surface area contributed by atoms with E-state index in [-0.39, 0.29) is 17.8 Å². The molecule has 0 radical (unpaired) electrons. The molecule has 5 N–H and O–H groups in total. The third-order valence-corrected chi connectivity index (χ3v) is 12.4. The highest BCUT2D eigenvalue weighted by Crippen LogP contribution is 2.50. The van der Waals surface area contributed by atoms with Gasteiger partial charge >= 0.3 is 12.2 Å². The lowest BCUT2D eigenvalue weighted by Gasteiger charge is -2.40. The first-order valence-electron chi connectivity index (χ1n) is 20.1. The molecule has 288 valence electrons. The molecule has 4 unspecified atom stereocenters. The standard InChI is InChI=1S/C13H24N2O2.C10H18N2O2.C9H17NO.C7H13N/c1-12(2,3)17-11(16)15-8-5-13(6-9-15)4-7-14-10-13;1-10(2,3)14-9(13)12-4-6-7(5-12)8(6)11;1-2-8-11-9(3-1)4-6-10-7-5-9;1-2-5-6-3-8-4-7(5)6/h14H,4-10H2,1-3H3;6-8H,4-5,11H2,1-3H3;10H,1-8H2;5-8H,2-4H2,1H3. The fourth-order valence-corrected chi connectivity index (χ4v) is 9.10. The molecule has 0 aromatic rings. The van der Waals surface area contributed by atoms with Crippen molar-refractivity contribution in [1.29, 1.82) is 0 Å². The number of ether oxygens (including phenoxy) is 3.